The highest BCUT2D eigenvalue weighted by molar-refractivity contribution is 7.14. The van der Waals surface area contributed by atoms with Gasteiger partial charge in [0.25, 0.3) is 24.2 Å². The highest BCUT2D eigenvalue weighted by atomic mass is 35.5. The van der Waals surface area contributed by atoms with Gasteiger partial charge in [-0.1, -0.05) is 82.8 Å². The maximum atomic E-state index is 12.9. The van der Waals surface area contributed by atoms with Crippen LogP contribution in [0.3, 0.4) is 0 Å². The number of carbonyl (C=O) groups is 7. The molecule has 0 spiro atoms. The van der Waals surface area contributed by atoms with Crippen molar-refractivity contribution in [1.29, 1.82) is 0 Å². The molecule has 0 bridgehead atoms. The van der Waals surface area contributed by atoms with Gasteiger partial charge in [0, 0.05) is 88.5 Å². The van der Waals surface area contributed by atoms with E-state index in [1.807, 2.05) is 116 Å². The number of alkyl carbamates (subject to hydrolysis) is 2. The zero-order chi connectivity index (χ0) is 63.8. The summed E-state index contributed by atoms with van der Waals surface area (Å²) in [6, 6.07) is 15.0. The first kappa shape index (κ1) is 70.7. The van der Waals surface area contributed by atoms with E-state index >= 15 is 0 Å². The van der Waals surface area contributed by atoms with Crippen LogP contribution >= 0.6 is 91.8 Å². The summed E-state index contributed by atoms with van der Waals surface area (Å²) in [5.74, 6) is -1.28. The molecule has 29 heteroatoms. The topological polar surface area (TPSA) is 290 Å². The van der Waals surface area contributed by atoms with Gasteiger partial charge >= 0.3 is 18.2 Å². The Morgan fingerprint density at radius 1 is 0.547 bits per heavy atom. The second-order valence-corrected chi connectivity index (χ2v) is 28.2. The quantitative estimate of drug-likeness (QED) is 0.0885. The molecule has 5 amide bonds. The van der Waals surface area contributed by atoms with Gasteiger partial charge in [-0.3, -0.25) is 19.2 Å². The number of amides is 5. The Hall–Kier alpha value is -6.03. The van der Waals surface area contributed by atoms with E-state index in [4.69, 9.17) is 76.6 Å². The van der Waals surface area contributed by atoms with Crippen molar-refractivity contribution in [2.45, 2.75) is 129 Å². The van der Waals surface area contributed by atoms with E-state index in [1.54, 1.807) is 25.9 Å². The number of benzene rings is 2. The van der Waals surface area contributed by atoms with E-state index in [2.05, 4.69) is 30.6 Å². The van der Waals surface area contributed by atoms with Gasteiger partial charge in [0.05, 0.1) is 10.0 Å². The van der Waals surface area contributed by atoms with Crippen molar-refractivity contribution < 1.29 is 53.2 Å². The smallest absolute Gasteiger partial charge is 0.408 e. The Balaban J connectivity index is 0.000000216. The minimum absolute atomic E-state index is 0.00463. The molecule has 0 radical (unpaired) electrons. The predicted molar refractivity (Wildman–Crippen MR) is 339 cm³/mol. The monoisotopic (exact) mass is 1340 g/mol. The lowest BCUT2D eigenvalue weighted by Crippen LogP contribution is -2.55. The van der Waals surface area contributed by atoms with Crippen LogP contribution in [0.2, 0.25) is 19.0 Å². The Kier molecular flexibility index (Phi) is 25.7. The summed E-state index contributed by atoms with van der Waals surface area (Å²) in [5.41, 5.74) is 7.08. The molecule has 6 aromatic rings. The summed E-state index contributed by atoms with van der Waals surface area (Å²) in [4.78, 5) is 102. The maximum Gasteiger partial charge on any atom is 0.408 e. The fraction of sp³-hybridized carbons (Fsp3) is 0.456. The lowest BCUT2D eigenvalue weighted by molar-refractivity contribution is -0.122. The number of carboxylic acids is 1. The van der Waals surface area contributed by atoms with Crippen LogP contribution in [0.15, 0.2) is 70.1 Å². The summed E-state index contributed by atoms with van der Waals surface area (Å²) >= 11 is 28.7. The minimum Gasteiger partial charge on any atom is -0.483 e. The largest absolute Gasteiger partial charge is 0.483 e. The van der Waals surface area contributed by atoms with Crippen molar-refractivity contribution >= 4 is 134 Å². The van der Waals surface area contributed by atoms with Crippen LogP contribution in [0.5, 0.6) is 0 Å². The van der Waals surface area contributed by atoms with Gasteiger partial charge in [-0.05, 0) is 113 Å². The molecule has 3 saturated heterocycles. The number of nitrogens with one attached hydrogen (secondary N) is 2. The van der Waals surface area contributed by atoms with Crippen LogP contribution in [0.1, 0.15) is 143 Å². The van der Waals surface area contributed by atoms with Crippen LogP contribution in [-0.4, -0.2) is 154 Å². The fourth-order valence-corrected chi connectivity index (χ4v) is 12.1. The number of hydrogen-bond acceptors (Lipinski definition) is 18. The Bertz CT molecular complexity index is 3280. The number of aromatic nitrogens is 4. The normalized spacial score (nSPS) is 15.9. The number of carbonyl (C=O) groups excluding carboxylic acids is 5. The van der Waals surface area contributed by atoms with Gasteiger partial charge in [0.1, 0.15) is 38.3 Å². The first-order valence-electron chi connectivity index (χ1n) is 26.9. The molecule has 0 atom stereocenters. The molecular formula is C57H70Cl4N10O11S4. The molecule has 86 heavy (non-hydrogen) atoms. The van der Waals surface area contributed by atoms with Gasteiger partial charge in [-0.25, -0.2) is 34.3 Å². The molecule has 2 aromatic carbocycles. The SMILES string of the molecule is CC1(N)CCN(C(=O)c2csc(-c3ccccc3Cl)n2)CC1.CC1(NC(=O)OC(C)(C)C)CCN(C(=O)c2csc(-c3ccccc3Cl)n2)CC1.CC1(NC(=O)OC(C)(C)C)CCN(C(=O)c2csc(Cl)n2)CC1.O=C(O)c1csc(Cl)n1.O=CO. The average molecular weight is 1340 g/mol. The molecule has 3 aliphatic heterocycles. The first-order valence-corrected chi connectivity index (χ1v) is 31.9. The second kappa shape index (κ2) is 31.2. The van der Waals surface area contributed by atoms with Crippen LogP contribution in [0, 0.1) is 0 Å². The number of carboxylic acid groups (broad SMARTS) is 2. The van der Waals surface area contributed by atoms with Gasteiger partial charge in [-0.2, -0.15) is 0 Å². The standard InChI is InChI=1S/C21H26ClN3O3S.C16H18ClN3OS.C15H22ClN3O3S.C4H2ClNO2S.CH2O2/c1-20(2,3)28-19(27)24-21(4)9-11-25(12-10-21)18(26)16-13-29-17(23-16)14-7-5-6-8-15(14)22;1-16(18)6-8-20(9-7-16)15(21)13-10-22-14(19-13)11-4-2-3-5-12(11)17;1-14(2,3)22-13(21)18-15(4)5-7-19(8-6-15)11(20)10-9-23-12(16)17-10;5-4-6-2(1-9-4)3(7)8;2-1-3/h5-8,13H,9-12H2,1-4H3,(H,24,27);2-5,10H,6-9,18H2,1H3;9H,5-8H2,1-4H3,(H,18,21);1H,(H,7,8);1H,(H,2,3). The number of ether oxygens (including phenoxy) is 2. The van der Waals surface area contributed by atoms with Gasteiger partial charge in [-0.15, -0.1) is 45.3 Å². The van der Waals surface area contributed by atoms with E-state index in [0.29, 0.717) is 96.5 Å². The molecule has 6 N–H and O–H groups in total. The molecule has 3 fully saturated rings. The predicted octanol–water partition coefficient (Wildman–Crippen LogP) is 12.9. The number of halogens is 4. The number of thiazole rings is 4. The number of nitrogens with zero attached hydrogens (tertiary/aromatic N) is 7. The number of rotatable bonds is 8. The fourth-order valence-electron chi connectivity index (χ4n) is 8.42. The average Bonchev–Trinajstić information content (AvgIpc) is 3.55. The molecule has 3 aliphatic rings. The number of piperidine rings is 3. The lowest BCUT2D eigenvalue weighted by atomic mass is 9.89. The van der Waals surface area contributed by atoms with Crippen molar-refractivity contribution in [2.75, 3.05) is 39.3 Å². The summed E-state index contributed by atoms with van der Waals surface area (Å²) < 4.78 is 11.3. The Morgan fingerprint density at radius 3 is 1.14 bits per heavy atom. The van der Waals surface area contributed by atoms with Gasteiger partial charge in [0.2, 0.25) is 0 Å². The van der Waals surface area contributed by atoms with Gasteiger partial charge < -0.3 is 50.8 Å². The molecule has 4 aromatic heterocycles. The Labute approximate surface area is 535 Å². The Morgan fingerprint density at radius 2 is 0.849 bits per heavy atom. The van der Waals surface area contributed by atoms with E-state index in [1.165, 1.54) is 39.4 Å². The van der Waals surface area contributed by atoms with Crippen molar-refractivity contribution in [3.8, 4) is 21.1 Å². The second-order valence-electron chi connectivity index (χ2n) is 22.8. The van der Waals surface area contributed by atoms with E-state index in [-0.39, 0.29) is 45.4 Å². The molecule has 9 rings (SSSR count). The highest BCUT2D eigenvalue weighted by Crippen LogP contribution is 2.33. The summed E-state index contributed by atoms with van der Waals surface area (Å²) in [5, 5.41) is 30.4. The number of likely N-dealkylation sites (tertiary alicyclic amines) is 3. The zero-order valence-electron chi connectivity index (χ0n) is 48.9. The lowest BCUT2D eigenvalue weighted by Gasteiger charge is -2.39. The molecule has 21 nitrogen and oxygen atoms in total. The summed E-state index contributed by atoms with van der Waals surface area (Å²) in [7, 11) is 0. The van der Waals surface area contributed by atoms with Crippen LogP contribution < -0.4 is 16.4 Å². The third-order valence-electron chi connectivity index (χ3n) is 13.2. The van der Waals surface area contributed by atoms with E-state index in [0.717, 1.165) is 45.3 Å². The van der Waals surface area contributed by atoms with Crippen LogP contribution in [-0.2, 0) is 14.3 Å². The molecule has 466 valence electrons. The third kappa shape index (κ3) is 22.3. The van der Waals surface area contributed by atoms with Crippen molar-refractivity contribution in [2.24, 2.45) is 5.73 Å². The summed E-state index contributed by atoms with van der Waals surface area (Å²) in [6.45, 7) is 20.3. The third-order valence-corrected chi connectivity index (χ3v) is 17.5. The molecular weight excluding hydrogens is 1270 g/mol. The number of nitrogens with two attached hydrogens (primary N) is 1. The first-order chi connectivity index (χ1) is 40.2. The number of aromatic carboxylic acids is 1. The van der Waals surface area contributed by atoms with Crippen molar-refractivity contribution in [3.05, 3.63) is 112 Å². The molecule has 0 saturated carbocycles. The molecule has 0 unspecified atom stereocenters. The molecule has 0 aliphatic carbocycles. The number of hydrogen-bond donors (Lipinski definition) is 5. The molecule has 7 heterocycles. The zero-order valence-corrected chi connectivity index (χ0v) is 55.2. The van der Waals surface area contributed by atoms with Crippen LogP contribution in [0.4, 0.5) is 9.59 Å². The van der Waals surface area contributed by atoms with Crippen molar-refractivity contribution in [3.63, 3.8) is 0 Å². The highest BCUT2D eigenvalue weighted by Gasteiger charge is 2.37. The maximum absolute atomic E-state index is 12.9. The van der Waals surface area contributed by atoms with E-state index in [9.17, 15) is 28.8 Å². The minimum atomic E-state index is -1.04. The van der Waals surface area contributed by atoms with E-state index < -0.39 is 34.9 Å². The van der Waals surface area contributed by atoms with Crippen molar-refractivity contribution in [1.82, 2.24) is 45.3 Å². The van der Waals surface area contributed by atoms with Crippen LogP contribution in [0.25, 0.3) is 21.1 Å². The summed E-state index contributed by atoms with van der Waals surface area (Å²) in [6.07, 6.45) is 3.42. The van der Waals surface area contributed by atoms with Gasteiger partial charge in [0.15, 0.2) is 14.6 Å².